The van der Waals surface area contributed by atoms with Crippen LogP contribution in [0.5, 0.6) is 5.88 Å². The van der Waals surface area contributed by atoms with Crippen molar-refractivity contribution in [2.45, 2.75) is 6.43 Å². The molecule has 1 aromatic heterocycles. The summed E-state index contributed by atoms with van der Waals surface area (Å²) >= 11 is 1.73. The molecule has 1 aromatic rings. The van der Waals surface area contributed by atoms with Gasteiger partial charge in [0.2, 0.25) is 5.88 Å². The van der Waals surface area contributed by atoms with Crippen molar-refractivity contribution < 1.29 is 13.5 Å². The largest absolute Gasteiger partial charge is 0.481 e. The average molecular weight is 300 g/mol. The number of nitrogens with two attached hydrogens (primary N) is 1. The standard InChI is InChI=1S/C7H7F2IN2O/c1-13-4-2-3(6(8)9)5(10)7(11)12-4/h2,6H,1H3,(H2,11,12). The van der Waals surface area contributed by atoms with Crippen LogP contribution in [0.15, 0.2) is 6.07 Å². The Labute approximate surface area is 87.4 Å². The maximum Gasteiger partial charge on any atom is 0.265 e. The molecule has 6 heteroatoms. The monoisotopic (exact) mass is 300 g/mol. The highest BCUT2D eigenvalue weighted by Crippen LogP contribution is 2.30. The number of alkyl halides is 2. The summed E-state index contributed by atoms with van der Waals surface area (Å²) in [4.78, 5) is 3.75. The molecule has 0 fully saturated rings. The molecule has 0 spiro atoms. The van der Waals surface area contributed by atoms with Crippen LogP contribution in [0, 0.1) is 3.57 Å². The minimum atomic E-state index is -2.56. The van der Waals surface area contributed by atoms with E-state index in [0.29, 0.717) is 0 Å². The molecule has 0 aromatic carbocycles. The maximum atomic E-state index is 12.4. The summed E-state index contributed by atoms with van der Waals surface area (Å²) in [5.74, 6) is 0.170. The average Bonchev–Trinajstić information content (AvgIpc) is 2.09. The smallest absolute Gasteiger partial charge is 0.265 e. The minimum absolute atomic E-state index is 0.0650. The lowest BCUT2D eigenvalue weighted by molar-refractivity contribution is 0.150. The van der Waals surface area contributed by atoms with Gasteiger partial charge in [-0.05, 0) is 22.6 Å². The number of ether oxygens (including phenoxy) is 1. The summed E-state index contributed by atoms with van der Waals surface area (Å²) in [5.41, 5.74) is 5.25. The number of anilines is 1. The first-order valence-electron chi connectivity index (χ1n) is 3.34. The van der Waals surface area contributed by atoms with Crippen molar-refractivity contribution in [3.63, 3.8) is 0 Å². The highest BCUT2D eigenvalue weighted by molar-refractivity contribution is 14.1. The van der Waals surface area contributed by atoms with Crippen LogP contribution in [0.4, 0.5) is 14.6 Å². The second-order valence-electron chi connectivity index (χ2n) is 2.25. The van der Waals surface area contributed by atoms with E-state index >= 15 is 0 Å². The first-order chi connectivity index (χ1) is 6.06. The SMILES string of the molecule is COc1cc(C(F)F)c(I)c(N)n1. The number of hydrogen-bond acceptors (Lipinski definition) is 3. The van der Waals surface area contributed by atoms with Crippen molar-refractivity contribution in [3.05, 3.63) is 15.2 Å². The molecular weight excluding hydrogens is 293 g/mol. The third-order valence-electron chi connectivity index (χ3n) is 1.43. The zero-order valence-electron chi connectivity index (χ0n) is 6.72. The van der Waals surface area contributed by atoms with Crippen LogP contribution in [-0.2, 0) is 0 Å². The molecule has 0 atom stereocenters. The second-order valence-corrected chi connectivity index (χ2v) is 3.33. The van der Waals surface area contributed by atoms with E-state index in [1.807, 2.05) is 0 Å². The summed E-state index contributed by atoms with van der Waals surface area (Å²) in [6.45, 7) is 0. The Kier molecular flexibility index (Phi) is 3.23. The molecular formula is C7H7F2IN2O. The normalized spacial score (nSPS) is 10.5. The van der Waals surface area contributed by atoms with Gasteiger partial charge >= 0.3 is 0 Å². The van der Waals surface area contributed by atoms with Crippen molar-refractivity contribution in [3.8, 4) is 5.88 Å². The van der Waals surface area contributed by atoms with E-state index in [9.17, 15) is 8.78 Å². The van der Waals surface area contributed by atoms with Gasteiger partial charge in [0.05, 0.1) is 10.7 Å². The summed E-state index contributed by atoms with van der Waals surface area (Å²) in [5, 5.41) is 0. The molecule has 0 aliphatic heterocycles. The minimum Gasteiger partial charge on any atom is -0.481 e. The molecule has 0 aliphatic carbocycles. The van der Waals surface area contributed by atoms with Crippen LogP contribution < -0.4 is 10.5 Å². The van der Waals surface area contributed by atoms with Gasteiger partial charge in [-0.3, -0.25) is 0 Å². The van der Waals surface area contributed by atoms with E-state index in [1.165, 1.54) is 13.2 Å². The quantitative estimate of drug-likeness (QED) is 0.852. The van der Waals surface area contributed by atoms with E-state index < -0.39 is 6.43 Å². The number of rotatable bonds is 2. The number of aromatic nitrogens is 1. The lowest BCUT2D eigenvalue weighted by Gasteiger charge is -2.07. The number of pyridine rings is 1. The van der Waals surface area contributed by atoms with Crippen molar-refractivity contribution in [1.82, 2.24) is 4.98 Å². The fourth-order valence-electron chi connectivity index (χ4n) is 0.808. The van der Waals surface area contributed by atoms with Crippen LogP contribution in [0.2, 0.25) is 0 Å². The van der Waals surface area contributed by atoms with Crippen LogP contribution in [-0.4, -0.2) is 12.1 Å². The summed E-state index contributed by atoms with van der Waals surface area (Å²) < 4.78 is 29.7. The molecule has 0 radical (unpaired) electrons. The molecule has 1 rings (SSSR count). The molecule has 3 nitrogen and oxygen atoms in total. The number of nitrogen functional groups attached to an aromatic ring is 1. The predicted molar refractivity (Wildman–Crippen MR) is 52.9 cm³/mol. The Hall–Kier alpha value is -0.660. The first-order valence-corrected chi connectivity index (χ1v) is 4.42. The van der Waals surface area contributed by atoms with Gasteiger partial charge in [-0.2, -0.15) is 4.98 Å². The third kappa shape index (κ3) is 2.17. The second kappa shape index (κ2) is 4.03. The van der Waals surface area contributed by atoms with Crippen LogP contribution in [0.3, 0.4) is 0 Å². The molecule has 72 valence electrons. The van der Waals surface area contributed by atoms with Crippen molar-refractivity contribution in [1.29, 1.82) is 0 Å². The van der Waals surface area contributed by atoms with Crippen molar-refractivity contribution in [2.24, 2.45) is 0 Å². The van der Waals surface area contributed by atoms with Gasteiger partial charge in [-0.1, -0.05) is 0 Å². The van der Waals surface area contributed by atoms with Crippen LogP contribution in [0.1, 0.15) is 12.0 Å². The summed E-state index contributed by atoms with van der Waals surface area (Å²) in [6.07, 6.45) is -2.56. The van der Waals surface area contributed by atoms with Crippen LogP contribution >= 0.6 is 22.6 Å². The molecule has 0 bridgehead atoms. The van der Waals surface area contributed by atoms with Gasteiger partial charge in [0.15, 0.2) is 0 Å². The molecule has 1 heterocycles. The summed E-state index contributed by atoms with van der Waals surface area (Å²) in [7, 11) is 1.35. The summed E-state index contributed by atoms with van der Waals surface area (Å²) in [6, 6.07) is 1.18. The zero-order chi connectivity index (χ0) is 10.0. The fraction of sp³-hybridized carbons (Fsp3) is 0.286. The van der Waals surface area contributed by atoms with Gasteiger partial charge in [-0.25, -0.2) is 8.78 Å². The first kappa shape index (κ1) is 10.4. The Morgan fingerprint density at radius 1 is 1.62 bits per heavy atom. The number of halogens is 3. The fourth-order valence-corrected chi connectivity index (χ4v) is 1.32. The van der Waals surface area contributed by atoms with Crippen LogP contribution in [0.25, 0.3) is 0 Å². The van der Waals surface area contributed by atoms with Gasteiger partial charge in [0.25, 0.3) is 6.43 Å². The van der Waals surface area contributed by atoms with Gasteiger partial charge < -0.3 is 10.5 Å². The Morgan fingerprint density at radius 3 is 2.69 bits per heavy atom. The zero-order valence-corrected chi connectivity index (χ0v) is 8.88. The molecule has 2 N–H and O–H groups in total. The topological polar surface area (TPSA) is 48.1 Å². The third-order valence-corrected chi connectivity index (χ3v) is 2.61. The van der Waals surface area contributed by atoms with E-state index in [0.717, 1.165) is 0 Å². The number of nitrogens with zero attached hydrogens (tertiary/aromatic N) is 1. The lowest BCUT2D eigenvalue weighted by atomic mass is 10.2. The molecule has 0 aliphatic rings. The highest BCUT2D eigenvalue weighted by atomic mass is 127. The molecule has 0 saturated carbocycles. The maximum absolute atomic E-state index is 12.4. The Bertz CT molecular complexity index is 320. The lowest BCUT2D eigenvalue weighted by Crippen LogP contribution is -2.01. The molecule has 13 heavy (non-hydrogen) atoms. The van der Waals surface area contributed by atoms with E-state index in [-0.39, 0.29) is 20.8 Å². The van der Waals surface area contributed by atoms with Crippen molar-refractivity contribution >= 4 is 28.4 Å². The van der Waals surface area contributed by atoms with Gasteiger partial charge in [0, 0.05) is 11.6 Å². The molecule has 0 unspecified atom stereocenters. The highest BCUT2D eigenvalue weighted by Gasteiger charge is 2.16. The van der Waals surface area contributed by atoms with E-state index in [2.05, 4.69) is 4.98 Å². The Morgan fingerprint density at radius 2 is 2.23 bits per heavy atom. The van der Waals surface area contributed by atoms with E-state index in [4.69, 9.17) is 10.5 Å². The number of hydrogen-bond donors (Lipinski definition) is 1. The molecule has 0 amide bonds. The Balaban J connectivity index is 3.25. The van der Waals surface area contributed by atoms with Gasteiger partial charge in [-0.15, -0.1) is 0 Å². The van der Waals surface area contributed by atoms with Gasteiger partial charge in [0.1, 0.15) is 5.82 Å². The number of methoxy groups -OCH3 is 1. The van der Waals surface area contributed by atoms with E-state index in [1.54, 1.807) is 22.6 Å². The van der Waals surface area contributed by atoms with Crippen molar-refractivity contribution in [2.75, 3.05) is 12.8 Å². The molecule has 0 saturated heterocycles. The predicted octanol–water partition coefficient (Wildman–Crippen LogP) is 2.21.